The zero-order chi connectivity index (χ0) is 17.6. The van der Waals surface area contributed by atoms with E-state index in [-0.39, 0.29) is 24.1 Å². The Kier molecular flexibility index (Phi) is 3.26. The van der Waals surface area contributed by atoms with Crippen LogP contribution in [0.3, 0.4) is 0 Å². The van der Waals surface area contributed by atoms with Gasteiger partial charge >= 0.3 is 0 Å². The van der Waals surface area contributed by atoms with E-state index in [2.05, 4.69) is 13.8 Å². The normalized spacial score (nSPS) is 24.8. The van der Waals surface area contributed by atoms with Crippen molar-refractivity contribution in [2.45, 2.75) is 40.2 Å². The molecule has 3 heteroatoms. The van der Waals surface area contributed by atoms with Gasteiger partial charge in [-0.25, -0.2) is 0 Å². The monoisotopic (exact) mass is 285 g/mol. The summed E-state index contributed by atoms with van der Waals surface area (Å²) in [5, 5.41) is 0.331. The third-order valence-corrected chi connectivity index (χ3v) is 3.39. The van der Waals surface area contributed by atoms with Crippen LogP contribution in [0.4, 0.5) is 0 Å². The molecule has 1 aliphatic rings. The summed E-state index contributed by atoms with van der Waals surface area (Å²) in [4.78, 5) is 1.50. The molecule has 0 spiro atoms. The number of ether oxygens (including phenoxy) is 1. The van der Waals surface area contributed by atoms with E-state index in [0.717, 1.165) is 11.1 Å². The molecule has 1 aromatic rings. The van der Waals surface area contributed by atoms with E-state index >= 15 is 0 Å². The summed E-state index contributed by atoms with van der Waals surface area (Å²) in [5.74, 6) is 0.718. The van der Waals surface area contributed by atoms with Crippen molar-refractivity contribution < 1.29 is 10.2 Å². The number of hydrogen-bond acceptors (Lipinski definition) is 2. The summed E-state index contributed by atoms with van der Waals surface area (Å²) >= 11 is 6.31. The fraction of sp³-hybridized carbons (Fsp3) is 0.625. The number of hydrogen-bond donors (Lipinski definition) is 0. The van der Waals surface area contributed by atoms with Crippen molar-refractivity contribution in [3.05, 3.63) is 28.3 Å². The molecule has 2 nitrogen and oxygen atoms in total. The van der Waals surface area contributed by atoms with Gasteiger partial charge in [-0.2, -0.15) is 0 Å². The molecule has 0 bridgehead atoms. The highest BCUT2D eigenvalue weighted by atomic mass is 35.5. The average molecular weight is 286 g/mol. The lowest BCUT2D eigenvalue weighted by Crippen LogP contribution is -2.29. The Morgan fingerprint density at radius 1 is 1.37 bits per heavy atom. The van der Waals surface area contributed by atoms with Crippen molar-refractivity contribution in [3.8, 4) is 5.75 Å². The highest BCUT2D eigenvalue weighted by Gasteiger charge is 2.19. The molecule has 0 unspecified atom stereocenters. The van der Waals surface area contributed by atoms with E-state index in [1.165, 1.54) is 4.90 Å². The average Bonchev–Trinajstić information content (AvgIpc) is 2.46. The predicted molar refractivity (Wildman–Crippen MR) is 81.2 cm³/mol. The van der Waals surface area contributed by atoms with Gasteiger partial charge in [0, 0.05) is 27.9 Å². The van der Waals surface area contributed by atoms with E-state index < -0.39 is 13.1 Å². The van der Waals surface area contributed by atoms with E-state index in [4.69, 9.17) is 21.8 Å². The van der Waals surface area contributed by atoms with Gasteiger partial charge < -0.3 is 4.74 Å². The van der Waals surface area contributed by atoms with E-state index in [1.54, 1.807) is 6.07 Å². The van der Waals surface area contributed by atoms with Crippen LogP contribution >= 0.6 is 11.6 Å². The van der Waals surface area contributed by atoms with Crippen molar-refractivity contribution in [1.82, 2.24) is 4.90 Å². The molecule has 0 atom stereocenters. The topological polar surface area (TPSA) is 12.5 Å². The number of rotatable bonds is 3. The highest BCUT2D eigenvalue weighted by molar-refractivity contribution is 6.32. The summed E-state index contributed by atoms with van der Waals surface area (Å²) in [6, 6.07) is 3.71. The summed E-state index contributed by atoms with van der Waals surface area (Å²) in [5.41, 5.74) is 1.76. The first-order valence-electron chi connectivity index (χ1n) is 8.72. The van der Waals surface area contributed by atoms with Crippen molar-refractivity contribution in [2.24, 2.45) is 5.92 Å². The Hall–Kier alpha value is -0.730. The highest BCUT2D eigenvalue weighted by Crippen LogP contribution is 2.35. The first-order valence-corrected chi connectivity index (χ1v) is 7.10. The molecule has 1 aliphatic heterocycles. The smallest absolute Gasteiger partial charge is 0.142 e. The van der Waals surface area contributed by atoms with Gasteiger partial charge in [-0.3, -0.25) is 4.90 Å². The molecule has 0 aromatic heterocycles. The number of fused-ring (bicyclic) bond motifs is 1. The fourth-order valence-electron chi connectivity index (χ4n) is 2.17. The van der Waals surface area contributed by atoms with Gasteiger partial charge in [-0.15, -0.1) is 0 Å². The standard InChI is InChI=1S/C16H24ClNO/c1-11(2)9-18-5-6-19-16-14(10-18)7-13(12(3)4)8-15(16)17/h7-8,11-12H,5-6,9-10H2,1-4H3/i5D2,6D2. The number of benzene rings is 1. The van der Waals surface area contributed by atoms with Crippen LogP contribution in [-0.4, -0.2) is 24.5 Å². The molecule has 0 saturated heterocycles. The second-order valence-electron chi connectivity index (χ2n) is 5.74. The molecule has 0 saturated carbocycles. The van der Waals surface area contributed by atoms with Gasteiger partial charge in [-0.05, 0) is 23.5 Å². The quantitative estimate of drug-likeness (QED) is 0.820. The first-order chi connectivity index (χ1) is 10.5. The zero-order valence-electron chi connectivity index (χ0n) is 16.0. The molecule has 0 radical (unpaired) electrons. The molecule has 0 aliphatic carbocycles. The molecule has 0 fully saturated rings. The maximum absolute atomic E-state index is 8.25. The Morgan fingerprint density at radius 2 is 2.11 bits per heavy atom. The second kappa shape index (κ2) is 6.15. The third-order valence-electron chi connectivity index (χ3n) is 3.11. The van der Waals surface area contributed by atoms with Crippen LogP contribution < -0.4 is 4.74 Å². The zero-order valence-corrected chi connectivity index (χ0v) is 12.7. The minimum atomic E-state index is -2.49. The van der Waals surface area contributed by atoms with Crippen molar-refractivity contribution in [3.63, 3.8) is 0 Å². The van der Waals surface area contributed by atoms with Crippen LogP contribution in [0.15, 0.2) is 12.1 Å². The van der Waals surface area contributed by atoms with Crippen LogP contribution in [0.5, 0.6) is 5.75 Å². The summed E-state index contributed by atoms with van der Waals surface area (Å²) < 4.78 is 38.1. The molecule has 2 rings (SSSR count). The molecule has 106 valence electrons. The van der Waals surface area contributed by atoms with Crippen LogP contribution in [0.25, 0.3) is 0 Å². The Balaban J connectivity index is 2.57. The van der Waals surface area contributed by atoms with Gasteiger partial charge in [0.25, 0.3) is 0 Å². The lowest BCUT2D eigenvalue weighted by Gasteiger charge is -2.21. The van der Waals surface area contributed by atoms with Gasteiger partial charge in [0.05, 0.1) is 7.76 Å². The third kappa shape index (κ3) is 3.64. The molecular formula is C16H24ClNO. The van der Waals surface area contributed by atoms with Gasteiger partial charge in [-0.1, -0.05) is 45.4 Å². The summed E-state index contributed by atoms with van der Waals surface area (Å²) in [6.45, 7) is 4.03. The van der Waals surface area contributed by atoms with Crippen molar-refractivity contribution >= 4 is 11.6 Å². The molecular weight excluding hydrogens is 258 g/mol. The second-order valence-corrected chi connectivity index (χ2v) is 6.14. The van der Waals surface area contributed by atoms with E-state index in [1.807, 2.05) is 19.9 Å². The number of halogens is 1. The minimum absolute atomic E-state index is 0.200. The SMILES string of the molecule is [2H]C1([2H])Oc2c(Cl)cc(C(C)C)cc2CN(CC(C)C)C1([2H])[2H]. The minimum Gasteiger partial charge on any atom is -0.490 e. The van der Waals surface area contributed by atoms with E-state index in [0.29, 0.717) is 11.6 Å². The maximum Gasteiger partial charge on any atom is 0.142 e. The fourth-order valence-corrected chi connectivity index (χ4v) is 2.46. The summed E-state index contributed by atoms with van der Waals surface area (Å²) in [7, 11) is 0. The Morgan fingerprint density at radius 3 is 2.74 bits per heavy atom. The molecule has 1 heterocycles. The van der Waals surface area contributed by atoms with Crippen LogP contribution in [0, 0.1) is 5.92 Å². The van der Waals surface area contributed by atoms with E-state index in [9.17, 15) is 0 Å². The molecule has 0 N–H and O–H groups in total. The van der Waals surface area contributed by atoms with Crippen LogP contribution in [0.2, 0.25) is 5.02 Å². The van der Waals surface area contributed by atoms with Gasteiger partial charge in [0.2, 0.25) is 0 Å². The number of nitrogens with zero attached hydrogens (tertiary/aromatic N) is 1. The molecule has 1 aromatic carbocycles. The van der Waals surface area contributed by atoms with Crippen molar-refractivity contribution in [1.29, 1.82) is 0 Å². The largest absolute Gasteiger partial charge is 0.490 e. The summed E-state index contributed by atoms with van der Waals surface area (Å²) in [6.07, 6.45) is 0. The molecule has 19 heavy (non-hydrogen) atoms. The lowest BCUT2D eigenvalue weighted by molar-refractivity contribution is 0.207. The Bertz CT molecular complexity index is 590. The predicted octanol–water partition coefficient (Wildman–Crippen LogP) is 4.31. The van der Waals surface area contributed by atoms with Gasteiger partial charge in [0.1, 0.15) is 12.3 Å². The van der Waals surface area contributed by atoms with Crippen molar-refractivity contribution in [2.75, 3.05) is 19.6 Å². The van der Waals surface area contributed by atoms with Crippen LogP contribution in [0.1, 0.15) is 50.2 Å². The van der Waals surface area contributed by atoms with Crippen LogP contribution in [-0.2, 0) is 6.54 Å². The Labute approximate surface area is 127 Å². The first kappa shape index (κ1) is 10.1. The lowest BCUT2D eigenvalue weighted by atomic mass is 10.00. The van der Waals surface area contributed by atoms with Gasteiger partial charge in [0.15, 0.2) is 0 Å². The maximum atomic E-state index is 8.25. The molecule has 0 amide bonds.